The Bertz CT molecular complexity index is 1280. The van der Waals surface area contributed by atoms with Crippen molar-refractivity contribution in [2.75, 3.05) is 13.7 Å². The fourth-order valence-electron chi connectivity index (χ4n) is 4.52. The van der Waals surface area contributed by atoms with Crippen LogP contribution in [-0.4, -0.2) is 41.8 Å². The molecule has 2 aromatic carbocycles. The largest absolute Gasteiger partial charge is 0.467 e. The van der Waals surface area contributed by atoms with Gasteiger partial charge in [0.15, 0.2) is 0 Å². The topological polar surface area (TPSA) is 93.3 Å². The molecule has 0 spiro atoms. The highest BCUT2D eigenvalue weighted by Gasteiger charge is 2.30. The number of methoxy groups -OCH3 is 1. The minimum Gasteiger partial charge on any atom is -0.467 e. The Labute approximate surface area is 190 Å². The number of H-pyrrole nitrogens is 1. The molecule has 7 heteroatoms. The number of ether oxygens (including phenoxy) is 2. The lowest BCUT2D eigenvalue weighted by Gasteiger charge is -2.18. The van der Waals surface area contributed by atoms with Crippen molar-refractivity contribution in [2.45, 2.75) is 18.4 Å². The Morgan fingerprint density at radius 3 is 2.42 bits per heavy atom. The highest BCUT2D eigenvalue weighted by atomic mass is 16.6. The molecule has 1 aliphatic carbocycles. The number of rotatable bonds is 6. The van der Waals surface area contributed by atoms with Crippen molar-refractivity contribution in [3.8, 4) is 11.1 Å². The number of fused-ring (bicyclic) bond motifs is 4. The summed E-state index contributed by atoms with van der Waals surface area (Å²) in [6.07, 6.45) is 3.07. The first-order valence-electron chi connectivity index (χ1n) is 10.8. The SMILES string of the molecule is COC(=O)[C@H](Cc1c[nH]c2ncccc12)NC(=O)OCC1c2ccccc2-c2ccccc21. The normalized spacial score (nSPS) is 13.2. The lowest BCUT2D eigenvalue weighted by atomic mass is 9.98. The Hall–Kier alpha value is -4.13. The third-order valence-corrected chi connectivity index (χ3v) is 6.08. The van der Waals surface area contributed by atoms with Crippen LogP contribution in [0.15, 0.2) is 73.1 Å². The molecular formula is C26H23N3O4. The number of pyridine rings is 1. The van der Waals surface area contributed by atoms with Gasteiger partial charge in [0.1, 0.15) is 18.3 Å². The summed E-state index contributed by atoms with van der Waals surface area (Å²) in [5, 5.41) is 3.56. The van der Waals surface area contributed by atoms with Crippen LogP contribution in [0.4, 0.5) is 4.79 Å². The summed E-state index contributed by atoms with van der Waals surface area (Å²) in [6, 6.07) is 19.1. The second-order valence-corrected chi connectivity index (χ2v) is 7.96. The first kappa shape index (κ1) is 20.8. The number of carbonyl (C=O) groups is 2. The van der Waals surface area contributed by atoms with E-state index in [1.54, 1.807) is 12.4 Å². The molecule has 1 atom stereocenters. The zero-order chi connectivity index (χ0) is 22.8. The maximum Gasteiger partial charge on any atom is 0.407 e. The van der Waals surface area contributed by atoms with Gasteiger partial charge in [-0.15, -0.1) is 0 Å². The van der Waals surface area contributed by atoms with Crippen molar-refractivity contribution in [1.29, 1.82) is 0 Å². The summed E-state index contributed by atoms with van der Waals surface area (Å²) in [5.74, 6) is -0.596. The van der Waals surface area contributed by atoms with E-state index < -0.39 is 18.1 Å². The average Bonchev–Trinajstić information content (AvgIpc) is 3.41. The summed E-state index contributed by atoms with van der Waals surface area (Å²) < 4.78 is 10.5. The van der Waals surface area contributed by atoms with E-state index in [4.69, 9.17) is 9.47 Å². The van der Waals surface area contributed by atoms with Crippen molar-refractivity contribution in [2.24, 2.45) is 0 Å². The minimum atomic E-state index is -0.884. The van der Waals surface area contributed by atoms with Crippen LogP contribution in [-0.2, 0) is 20.7 Å². The van der Waals surface area contributed by atoms with Crippen LogP contribution in [0.1, 0.15) is 22.6 Å². The van der Waals surface area contributed by atoms with Gasteiger partial charge in [-0.1, -0.05) is 48.5 Å². The molecule has 1 amide bonds. The second-order valence-electron chi connectivity index (χ2n) is 7.96. The van der Waals surface area contributed by atoms with E-state index in [2.05, 4.69) is 39.6 Å². The van der Waals surface area contributed by atoms with Crippen molar-refractivity contribution >= 4 is 23.1 Å². The van der Waals surface area contributed by atoms with Crippen molar-refractivity contribution in [1.82, 2.24) is 15.3 Å². The van der Waals surface area contributed by atoms with Gasteiger partial charge in [0.25, 0.3) is 0 Å². The molecule has 1 aliphatic rings. The zero-order valence-corrected chi connectivity index (χ0v) is 18.1. The Kier molecular flexibility index (Phi) is 5.52. The summed E-state index contributed by atoms with van der Waals surface area (Å²) in [7, 11) is 1.30. The molecule has 2 heterocycles. The molecule has 0 saturated carbocycles. The van der Waals surface area contributed by atoms with Crippen molar-refractivity contribution < 1.29 is 19.1 Å². The predicted molar refractivity (Wildman–Crippen MR) is 124 cm³/mol. The number of carbonyl (C=O) groups excluding carboxylic acids is 2. The first-order valence-corrected chi connectivity index (χ1v) is 10.8. The van der Waals surface area contributed by atoms with Crippen LogP contribution in [0.5, 0.6) is 0 Å². The van der Waals surface area contributed by atoms with Crippen LogP contribution in [0.2, 0.25) is 0 Å². The second kappa shape index (κ2) is 8.78. The lowest BCUT2D eigenvalue weighted by Crippen LogP contribution is -2.43. The van der Waals surface area contributed by atoms with Gasteiger partial charge < -0.3 is 19.8 Å². The summed E-state index contributed by atoms with van der Waals surface area (Å²) in [6.45, 7) is 0.171. The number of hydrogen-bond acceptors (Lipinski definition) is 5. The van der Waals surface area contributed by atoms with E-state index in [9.17, 15) is 9.59 Å². The maximum atomic E-state index is 12.7. The van der Waals surface area contributed by atoms with E-state index in [1.165, 1.54) is 7.11 Å². The van der Waals surface area contributed by atoms with Gasteiger partial charge in [0.05, 0.1) is 7.11 Å². The van der Waals surface area contributed by atoms with E-state index in [0.717, 1.165) is 38.9 Å². The molecule has 33 heavy (non-hydrogen) atoms. The molecule has 2 N–H and O–H groups in total. The van der Waals surface area contributed by atoms with Gasteiger partial charge in [-0.2, -0.15) is 0 Å². The van der Waals surface area contributed by atoms with E-state index in [0.29, 0.717) is 0 Å². The maximum absolute atomic E-state index is 12.7. The van der Waals surface area contributed by atoms with Gasteiger partial charge in [-0.05, 0) is 39.9 Å². The number of hydrogen-bond donors (Lipinski definition) is 2. The number of aromatic nitrogens is 2. The highest BCUT2D eigenvalue weighted by molar-refractivity contribution is 5.84. The number of nitrogens with one attached hydrogen (secondary N) is 2. The monoisotopic (exact) mass is 441 g/mol. The molecule has 0 unspecified atom stereocenters. The van der Waals surface area contributed by atoms with Crippen LogP contribution >= 0.6 is 0 Å². The third-order valence-electron chi connectivity index (χ3n) is 6.08. The van der Waals surface area contributed by atoms with E-state index in [-0.39, 0.29) is 18.9 Å². The minimum absolute atomic E-state index is 0.0561. The van der Waals surface area contributed by atoms with E-state index in [1.807, 2.05) is 36.4 Å². The van der Waals surface area contributed by atoms with Crippen LogP contribution in [0, 0.1) is 0 Å². The van der Waals surface area contributed by atoms with Gasteiger partial charge in [-0.3, -0.25) is 0 Å². The van der Waals surface area contributed by atoms with Gasteiger partial charge in [-0.25, -0.2) is 14.6 Å². The smallest absolute Gasteiger partial charge is 0.407 e. The van der Waals surface area contributed by atoms with E-state index >= 15 is 0 Å². The van der Waals surface area contributed by atoms with Crippen LogP contribution in [0.3, 0.4) is 0 Å². The zero-order valence-electron chi connectivity index (χ0n) is 18.1. The van der Waals surface area contributed by atoms with Crippen LogP contribution < -0.4 is 5.32 Å². The molecular weight excluding hydrogens is 418 g/mol. The Morgan fingerprint density at radius 1 is 1.03 bits per heavy atom. The number of aromatic amines is 1. The average molecular weight is 441 g/mol. The molecule has 0 aliphatic heterocycles. The molecule has 2 aromatic heterocycles. The summed E-state index contributed by atoms with van der Waals surface area (Å²) in [5.41, 5.74) is 6.14. The highest BCUT2D eigenvalue weighted by Crippen LogP contribution is 2.44. The summed E-state index contributed by atoms with van der Waals surface area (Å²) in [4.78, 5) is 32.4. The Morgan fingerprint density at radius 2 is 1.73 bits per heavy atom. The fourth-order valence-corrected chi connectivity index (χ4v) is 4.52. The number of alkyl carbamates (subject to hydrolysis) is 1. The molecule has 0 bridgehead atoms. The quantitative estimate of drug-likeness (QED) is 0.438. The number of esters is 1. The molecule has 0 radical (unpaired) electrons. The first-order chi connectivity index (χ1) is 16.2. The number of amides is 1. The molecule has 4 aromatic rings. The molecule has 5 rings (SSSR count). The third kappa shape index (κ3) is 3.93. The lowest BCUT2D eigenvalue weighted by molar-refractivity contribution is -0.142. The Balaban J connectivity index is 1.29. The van der Waals surface area contributed by atoms with Gasteiger partial charge >= 0.3 is 12.1 Å². The predicted octanol–water partition coefficient (Wildman–Crippen LogP) is 4.19. The fraction of sp³-hybridized carbons (Fsp3) is 0.192. The van der Waals surface area contributed by atoms with Gasteiger partial charge in [0.2, 0.25) is 0 Å². The molecule has 166 valence electrons. The van der Waals surface area contributed by atoms with Crippen LogP contribution in [0.25, 0.3) is 22.2 Å². The summed E-state index contributed by atoms with van der Waals surface area (Å²) >= 11 is 0. The molecule has 7 nitrogen and oxygen atoms in total. The van der Waals surface area contributed by atoms with Gasteiger partial charge in [0, 0.05) is 30.1 Å². The number of benzene rings is 2. The molecule has 0 fully saturated rings. The van der Waals surface area contributed by atoms with Crippen molar-refractivity contribution in [3.63, 3.8) is 0 Å². The number of nitrogens with zero attached hydrogens (tertiary/aromatic N) is 1. The standard InChI is InChI=1S/C26H23N3O4/c1-32-25(30)23(13-16-14-28-24-17(16)11-6-12-27-24)29-26(31)33-15-22-20-9-4-2-7-18(20)19-8-3-5-10-21(19)22/h2-12,14,22-23H,13,15H2,1H3,(H,27,28)(H,29,31)/t23-/m0/s1. The van der Waals surface area contributed by atoms with Crippen molar-refractivity contribution in [3.05, 3.63) is 89.7 Å². The molecule has 0 saturated heterocycles.